The van der Waals surface area contributed by atoms with E-state index in [0.717, 1.165) is 6.42 Å². The molecule has 1 unspecified atom stereocenters. The van der Waals surface area contributed by atoms with Crippen LogP contribution in [0.5, 0.6) is 0 Å². The molecule has 2 nitrogen and oxygen atoms in total. The van der Waals surface area contributed by atoms with Gasteiger partial charge in [0.1, 0.15) is 5.82 Å². The number of rotatable bonds is 4. The van der Waals surface area contributed by atoms with Crippen molar-refractivity contribution in [2.24, 2.45) is 0 Å². The molecule has 1 N–H and O–H groups in total. The minimum Gasteiger partial charge on any atom is -0.348 e. The van der Waals surface area contributed by atoms with Crippen LogP contribution >= 0.6 is 15.9 Å². The Balaban J connectivity index is 2.76. The first kappa shape index (κ1) is 13.2. The highest BCUT2D eigenvalue weighted by Gasteiger charge is 2.12. The first-order valence-electron chi connectivity index (χ1n) is 5.21. The summed E-state index contributed by atoms with van der Waals surface area (Å²) in [6.45, 7) is 3.66. The van der Waals surface area contributed by atoms with Gasteiger partial charge >= 0.3 is 0 Å². The van der Waals surface area contributed by atoms with E-state index in [0.29, 0.717) is 16.5 Å². The van der Waals surface area contributed by atoms with Crippen LogP contribution in [-0.4, -0.2) is 17.3 Å². The molecule has 0 aromatic heterocycles. The summed E-state index contributed by atoms with van der Waals surface area (Å²) >= 11 is 3.31. The molecular weight excluding hydrogens is 273 g/mol. The maximum atomic E-state index is 13.3. The first-order chi connectivity index (χ1) is 7.58. The van der Waals surface area contributed by atoms with Gasteiger partial charge in [-0.05, 0) is 31.0 Å². The predicted molar refractivity (Wildman–Crippen MR) is 66.5 cm³/mol. The second kappa shape index (κ2) is 5.99. The second-order valence-corrected chi connectivity index (χ2v) is 4.34. The molecular formula is C12H15BrFNO. The average molecular weight is 288 g/mol. The molecule has 0 saturated carbocycles. The second-order valence-electron chi connectivity index (χ2n) is 3.70. The van der Waals surface area contributed by atoms with E-state index in [4.69, 9.17) is 0 Å². The van der Waals surface area contributed by atoms with Gasteiger partial charge < -0.3 is 5.32 Å². The van der Waals surface area contributed by atoms with Crippen molar-refractivity contribution in [1.29, 1.82) is 0 Å². The van der Waals surface area contributed by atoms with Gasteiger partial charge in [0, 0.05) is 16.9 Å². The highest BCUT2D eigenvalue weighted by Crippen LogP contribution is 2.09. The van der Waals surface area contributed by atoms with Gasteiger partial charge in [0.25, 0.3) is 5.91 Å². The molecule has 1 aromatic carbocycles. The Morgan fingerprint density at radius 2 is 2.25 bits per heavy atom. The zero-order valence-corrected chi connectivity index (χ0v) is 11.0. The lowest BCUT2D eigenvalue weighted by Gasteiger charge is -2.14. The zero-order valence-electron chi connectivity index (χ0n) is 9.39. The molecule has 0 aliphatic rings. The Labute approximate surface area is 103 Å². The summed E-state index contributed by atoms with van der Waals surface area (Å²) in [4.78, 5) is 11.7. The number of hydrogen-bond acceptors (Lipinski definition) is 1. The molecule has 1 rings (SSSR count). The van der Waals surface area contributed by atoms with Gasteiger partial charge in [-0.1, -0.05) is 28.9 Å². The Morgan fingerprint density at radius 3 is 2.75 bits per heavy atom. The monoisotopic (exact) mass is 287 g/mol. The van der Waals surface area contributed by atoms with Crippen molar-refractivity contribution in [1.82, 2.24) is 5.32 Å². The van der Waals surface area contributed by atoms with Crippen molar-refractivity contribution in [3.8, 4) is 0 Å². The van der Waals surface area contributed by atoms with E-state index < -0.39 is 0 Å². The minimum absolute atomic E-state index is 0.0804. The fourth-order valence-electron chi connectivity index (χ4n) is 1.25. The van der Waals surface area contributed by atoms with E-state index in [1.807, 2.05) is 6.92 Å². The van der Waals surface area contributed by atoms with Crippen molar-refractivity contribution in [2.45, 2.75) is 26.3 Å². The van der Waals surface area contributed by atoms with Crippen molar-refractivity contribution >= 4 is 21.8 Å². The van der Waals surface area contributed by atoms with Crippen LogP contribution in [0.25, 0.3) is 0 Å². The largest absolute Gasteiger partial charge is 0.348 e. The number of carbonyl (C=O) groups is 1. The molecule has 1 atom stereocenters. The van der Waals surface area contributed by atoms with E-state index in [1.54, 1.807) is 19.1 Å². The molecule has 0 bridgehead atoms. The fourth-order valence-corrected chi connectivity index (χ4v) is 1.87. The molecule has 0 radical (unpaired) electrons. The number of aryl methyl sites for hydroxylation is 1. The molecule has 0 spiro atoms. The summed E-state index contributed by atoms with van der Waals surface area (Å²) in [6.07, 6.45) is 0.839. The maximum Gasteiger partial charge on any atom is 0.251 e. The number of carbonyl (C=O) groups excluding carboxylic acids is 1. The molecule has 1 aromatic rings. The molecule has 0 saturated heterocycles. The summed E-state index contributed by atoms with van der Waals surface area (Å²) in [5.41, 5.74) is 0.909. The van der Waals surface area contributed by atoms with Gasteiger partial charge in [0.2, 0.25) is 0 Å². The van der Waals surface area contributed by atoms with Crippen molar-refractivity contribution < 1.29 is 9.18 Å². The lowest BCUT2D eigenvalue weighted by atomic mass is 10.1. The van der Waals surface area contributed by atoms with Crippen LogP contribution in [-0.2, 0) is 0 Å². The lowest BCUT2D eigenvalue weighted by Crippen LogP contribution is -2.35. The van der Waals surface area contributed by atoms with E-state index >= 15 is 0 Å². The number of alkyl halides is 1. The molecule has 16 heavy (non-hydrogen) atoms. The van der Waals surface area contributed by atoms with E-state index in [9.17, 15) is 9.18 Å². The molecule has 0 aliphatic carbocycles. The lowest BCUT2D eigenvalue weighted by molar-refractivity contribution is 0.0939. The van der Waals surface area contributed by atoms with Crippen LogP contribution in [0.2, 0.25) is 0 Å². The summed E-state index contributed by atoms with van der Waals surface area (Å²) in [7, 11) is 0. The number of benzene rings is 1. The number of amides is 1. The highest BCUT2D eigenvalue weighted by atomic mass is 79.9. The van der Waals surface area contributed by atoms with E-state index in [-0.39, 0.29) is 17.8 Å². The Morgan fingerprint density at radius 1 is 1.56 bits per heavy atom. The molecule has 4 heteroatoms. The fraction of sp³-hybridized carbons (Fsp3) is 0.417. The Hall–Kier alpha value is -0.900. The Bertz CT molecular complexity index is 377. The van der Waals surface area contributed by atoms with Crippen LogP contribution in [0.3, 0.4) is 0 Å². The molecule has 0 fully saturated rings. The number of halogens is 2. The third kappa shape index (κ3) is 3.30. The molecule has 1 amide bonds. The van der Waals surface area contributed by atoms with Gasteiger partial charge in [-0.3, -0.25) is 4.79 Å². The minimum atomic E-state index is -0.348. The predicted octanol–water partition coefficient (Wildman–Crippen LogP) is 3.04. The zero-order chi connectivity index (χ0) is 12.1. The highest BCUT2D eigenvalue weighted by molar-refractivity contribution is 9.09. The summed E-state index contributed by atoms with van der Waals surface area (Å²) < 4.78 is 13.3. The quantitative estimate of drug-likeness (QED) is 0.848. The Kier molecular flexibility index (Phi) is 4.93. The number of nitrogens with one attached hydrogen (secondary N) is 1. The van der Waals surface area contributed by atoms with Crippen molar-refractivity contribution in [3.05, 3.63) is 35.1 Å². The summed E-state index contributed by atoms with van der Waals surface area (Å²) in [5.74, 6) is -0.579. The summed E-state index contributed by atoms with van der Waals surface area (Å²) in [6, 6.07) is 4.59. The average Bonchev–Trinajstić information content (AvgIpc) is 2.29. The van der Waals surface area contributed by atoms with Gasteiger partial charge in [-0.2, -0.15) is 0 Å². The first-order valence-corrected chi connectivity index (χ1v) is 6.33. The van der Waals surface area contributed by atoms with Crippen LogP contribution in [0.1, 0.15) is 29.3 Å². The smallest absolute Gasteiger partial charge is 0.251 e. The van der Waals surface area contributed by atoms with E-state index in [1.165, 1.54) is 6.07 Å². The van der Waals surface area contributed by atoms with Crippen LogP contribution in [0, 0.1) is 12.7 Å². The van der Waals surface area contributed by atoms with E-state index in [2.05, 4.69) is 21.2 Å². The summed E-state index contributed by atoms with van der Waals surface area (Å²) in [5, 5.41) is 3.52. The molecule has 0 heterocycles. The van der Waals surface area contributed by atoms with Crippen LogP contribution in [0.15, 0.2) is 18.2 Å². The molecule has 88 valence electrons. The normalized spacial score (nSPS) is 12.2. The standard InChI is InChI=1S/C12H15BrFNO/c1-3-10(7-13)15-12(16)9-5-4-8(2)11(14)6-9/h4-6,10H,3,7H2,1-2H3,(H,15,16). The van der Waals surface area contributed by atoms with Gasteiger partial charge in [0.05, 0.1) is 0 Å². The topological polar surface area (TPSA) is 29.1 Å². The van der Waals surface area contributed by atoms with Crippen molar-refractivity contribution in [2.75, 3.05) is 5.33 Å². The third-order valence-corrected chi connectivity index (χ3v) is 3.23. The van der Waals surface area contributed by atoms with Crippen LogP contribution in [0.4, 0.5) is 4.39 Å². The maximum absolute atomic E-state index is 13.3. The van der Waals surface area contributed by atoms with Gasteiger partial charge in [-0.15, -0.1) is 0 Å². The van der Waals surface area contributed by atoms with Crippen LogP contribution < -0.4 is 5.32 Å². The third-order valence-electron chi connectivity index (χ3n) is 2.45. The van der Waals surface area contributed by atoms with Gasteiger partial charge in [-0.25, -0.2) is 4.39 Å². The molecule has 0 aliphatic heterocycles. The SMILES string of the molecule is CCC(CBr)NC(=O)c1ccc(C)c(F)c1. The number of hydrogen-bond donors (Lipinski definition) is 1. The van der Waals surface area contributed by atoms with Crippen molar-refractivity contribution in [3.63, 3.8) is 0 Å². The van der Waals surface area contributed by atoms with Gasteiger partial charge in [0.15, 0.2) is 0 Å².